The van der Waals surface area contributed by atoms with Gasteiger partial charge in [-0.15, -0.1) is 0 Å². The Morgan fingerprint density at radius 2 is 2.21 bits per heavy atom. The van der Waals surface area contributed by atoms with Crippen LogP contribution >= 0.6 is 11.8 Å². The Bertz CT molecular complexity index is 914. The molecule has 0 aromatic carbocycles. The number of nitrogens with two attached hydrogens (primary N) is 1. The van der Waals surface area contributed by atoms with Gasteiger partial charge in [-0.05, 0) is 25.5 Å². The summed E-state index contributed by atoms with van der Waals surface area (Å²) in [5.74, 6) is -0.623. The fourth-order valence-electron chi connectivity index (χ4n) is 2.77. The number of thioether (sulfide) groups is 1. The first-order chi connectivity index (χ1) is 13.8. The Kier molecular flexibility index (Phi) is 6.20. The standard InChI is InChI=1S/C17H17F3N6O2S/c1-17(5-11(14(19)20)29-16(21)26-17)12-4-9(2-3-22-12)25-15(27)10-6-24-13(7-23-10)28-8-18/h2-4,6-7,11,14H,5,8H2,1H3,(H2,21,26)(H,22,25,27)/t11-,17-/m0/s1. The van der Waals surface area contributed by atoms with Crippen molar-refractivity contribution in [2.24, 2.45) is 10.7 Å². The van der Waals surface area contributed by atoms with Crippen LogP contribution in [0.15, 0.2) is 35.7 Å². The van der Waals surface area contributed by atoms with Gasteiger partial charge in [-0.25, -0.2) is 28.1 Å². The summed E-state index contributed by atoms with van der Waals surface area (Å²) in [6.45, 7) is 0.606. The monoisotopic (exact) mass is 426 g/mol. The van der Waals surface area contributed by atoms with Gasteiger partial charge < -0.3 is 15.8 Å². The fourth-order valence-corrected chi connectivity index (χ4v) is 3.84. The molecule has 3 rings (SSSR count). The van der Waals surface area contributed by atoms with Crippen molar-refractivity contribution in [3.63, 3.8) is 0 Å². The minimum absolute atomic E-state index is 0.0186. The smallest absolute Gasteiger partial charge is 0.275 e. The summed E-state index contributed by atoms with van der Waals surface area (Å²) < 4.78 is 43.1. The van der Waals surface area contributed by atoms with Gasteiger partial charge in [0.25, 0.3) is 12.3 Å². The molecule has 2 aromatic heterocycles. The molecule has 0 radical (unpaired) electrons. The molecule has 0 bridgehead atoms. The molecule has 1 amide bonds. The highest BCUT2D eigenvalue weighted by Gasteiger charge is 2.39. The molecule has 0 saturated carbocycles. The number of hydrogen-bond acceptors (Lipinski definition) is 8. The largest absolute Gasteiger partial charge is 0.445 e. The van der Waals surface area contributed by atoms with Gasteiger partial charge in [0.2, 0.25) is 12.7 Å². The van der Waals surface area contributed by atoms with Crippen LogP contribution in [0.25, 0.3) is 0 Å². The summed E-state index contributed by atoms with van der Waals surface area (Å²) >= 11 is 0.839. The number of amidine groups is 1. The molecular formula is C17H17F3N6O2S. The van der Waals surface area contributed by atoms with Gasteiger partial charge in [-0.3, -0.25) is 9.78 Å². The summed E-state index contributed by atoms with van der Waals surface area (Å²) in [6.07, 6.45) is 1.18. The Labute approximate surface area is 168 Å². The van der Waals surface area contributed by atoms with E-state index in [0.717, 1.165) is 24.2 Å². The summed E-state index contributed by atoms with van der Waals surface area (Å²) in [6, 6.07) is 3.08. The summed E-state index contributed by atoms with van der Waals surface area (Å²) in [7, 11) is 0. The van der Waals surface area contributed by atoms with E-state index in [9.17, 15) is 18.0 Å². The minimum Gasteiger partial charge on any atom is -0.445 e. The molecule has 29 heavy (non-hydrogen) atoms. The van der Waals surface area contributed by atoms with Crippen molar-refractivity contribution in [3.05, 3.63) is 42.1 Å². The summed E-state index contributed by atoms with van der Waals surface area (Å²) in [5.41, 5.74) is 5.42. The summed E-state index contributed by atoms with van der Waals surface area (Å²) in [5, 5.41) is 1.68. The number of amides is 1. The van der Waals surface area contributed by atoms with E-state index in [1.165, 1.54) is 12.3 Å². The zero-order valence-electron chi connectivity index (χ0n) is 15.2. The predicted molar refractivity (Wildman–Crippen MR) is 102 cm³/mol. The van der Waals surface area contributed by atoms with Gasteiger partial charge in [0.15, 0.2) is 5.17 Å². The molecule has 0 fully saturated rings. The first-order valence-corrected chi connectivity index (χ1v) is 9.27. The molecule has 8 nitrogen and oxygen atoms in total. The van der Waals surface area contributed by atoms with Crippen LogP contribution in [0.5, 0.6) is 5.88 Å². The number of hydrogen-bond donors (Lipinski definition) is 2. The second-order valence-electron chi connectivity index (χ2n) is 6.30. The quantitative estimate of drug-likeness (QED) is 0.730. The van der Waals surface area contributed by atoms with Crippen molar-refractivity contribution in [2.45, 2.75) is 30.6 Å². The molecule has 12 heteroatoms. The highest BCUT2D eigenvalue weighted by atomic mass is 32.2. The molecule has 2 atom stereocenters. The molecule has 2 aromatic rings. The lowest BCUT2D eigenvalue weighted by molar-refractivity contribution is 0.102. The van der Waals surface area contributed by atoms with E-state index in [0.29, 0.717) is 11.4 Å². The molecule has 154 valence electrons. The highest BCUT2D eigenvalue weighted by Crippen LogP contribution is 2.40. The van der Waals surface area contributed by atoms with Crippen molar-refractivity contribution < 1.29 is 22.7 Å². The van der Waals surface area contributed by atoms with E-state index >= 15 is 0 Å². The minimum atomic E-state index is -2.56. The van der Waals surface area contributed by atoms with E-state index < -0.39 is 30.0 Å². The Morgan fingerprint density at radius 3 is 2.86 bits per heavy atom. The van der Waals surface area contributed by atoms with Crippen LogP contribution in [0.2, 0.25) is 0 Å². The molecule has 1 aliphatic heterocycles. The average molecular weight is 426 g/mol. The lowest BCUT2D eigenvalue weighted by Gasteiger charge is -2.33. The Balaban J connectivity index is 1.78. The number of carbonyl (C=O) groups is 1. The van der Waals surface area contributed by atoms with E-state index in [1.54, 1.807) is 13.0 Å². The van der Waals surface area contributed by atoms with E-state index in [-0.39, 0.29) is 23.2 Å². The topological polar surface area (TPSA) is 115 Å². The van der Waals surface area contributed by atoms with Crippen molar-refractivity contribution in [1.82, 2.24) is 15.0 Å². The first-order valence-electron chi connectivity index (χ1n) is 8.39. The highest BCUT2D eigenvalue weighted by molar-refractivity contribution is 8.14. The van der Waals surface area contributed by atoms with Gasteiger partial charge in [0.05, 0.1) is 23.3 Å². The molecular weight excluding hydrogens is 409 g/mol. The second kappa shape index (κ2) is 8.64. The number of ether oxygens (including phenoxy) is 1. The predicted octanol–water partition coefficient (Wildman–Crippen LogP) is 2.73. The third-order valence-electron chi connectivity index (χ3n) is 4.14. The van der Waals surface area contributed by atoms with Crippen LogP contribution in [0.1, 0.15) is 29.5 Å². The maximum absolute atomic E-state index is 13.2. The van der Waals surface area contributed by atoms with E-state index in [2.05, 4.69) is 30.0 Å². The van der Waals surface area contributed by atoms with E-state index in [1.807, 2.05) is 0 Å². The van der Waals surface area contributed by atoms with Crippen LogP contribution in [0, 0.1) is 0 Å². The van der Waals surface area contributed by atoms with Gasteiger partial charge in [-0.2, -0.15) is 0 Å². The number of aliphatic imine (C=N–C) groups is 1. The van der Waals surface area contributed by atoms with Gasteiger partial charge in [-0.1, -0.05) is 11.8 Å². The van der Waals surface area contributed by atoms with E-state index in [4.69, 9.17) is 5.73 Å². The van der Waals surface area contributed by atoms with Crippen LogP contribution < -0.4 is 15.8 Å². The zero-order chi connectivity index (χ0) is 21.0. The third kappa shape index (κ3) is 4.94. The number of nitrogens with zero attached hydrogens (tertiary/aromatic N) is 4. The molecule has 0 aliphatic carbocycles. The number of anilines is 1. The first kappa shape index (κ1) is 20.8. The number of carbonyl (C=O) groups excluding carboxylic acids is 1. The van der Waals surface area contributed by atoms with Gasteiger partial charge in [0, 0.05) is 11.9 Å². The Morgan fingerprint density at radius 1 is 1.41 bits per heavy atom. The number of nitrogens with one attached hydrogen (secondary N) is 1. The maximum atomic E-state index is 13.2. The lowest BCUT2D eigenvalue weighted by Crippen LogP contribution is -2.37. The fraction of sp³-hybridized carbons (Fsp3) is 0.353. The number of aromatic nitrogens is 3. The Hall–Kier alpha value is -2.89. The number of pyridine rings is 1. The van der Waals surface area contributed by atoms with Crippen molar-refractivity contribution in [3.8, 4) is 5.88 Å². The number of alkyl halides is 3. The number of rotatable bonds is 6. The van der Waals surface area contributed by atoms with Crippen LogP contribution in [-0.4, -0.2) is 44.6 Å². The maximum Gasteiger partial charge on any atom is 0.275 e. The van der Waals surface area contributed by atoms with Gasteiger partial charge >= 0.3 is 0 Å². The third-order valence-corrected chi connectivity index (χ3v) is 5.15. The zero-order valence-corrected chi connectivity index (χ0v) is 16.0. The molecule has 0 saturated heterocycles. The molecule has 1 aliphatic rings. The molecule has 3 N–H and O–H groups in total. The van der Waals surface area contributed by atoms with Crippen LogP contribution in [-0.2, 0) is 5.54 Å². The second-order valence-corrected chi connectivity index (χ2v) is 7.56. The number of halogens is 3. The molecule has 0 unspecified atom stereocenters. The average Bonchev–Trinajstić information content (AvgIpc) is 2.68. The van der Waals surface area contributed by atoms with Crippen LogP contribution in [0.4, 0.5) is 18.9 Å². The lowest BCUT2D eigenvalue weighted by atomic mass is 9.91. The van der Waals surface area contributed by atoms with Gasteiger partial charge in [0.1, 0.15) is 11.2 Å². The van der Waals surface area contributed by atoms with Crippen molar-refractivity contribution >= 4 is 28.5 Å². The SMILES string of the molecule is C[C@@]1(c2cc(NC(=O)c3cnc(OCF)cn3)ccn2)C[C@@H](C(F)F)SC(N)=N1. The summed E-state index contributed by atoms with van der Waals surface area (Å²) in [4.78, 5) is 28.5. The molecule has 3 heterocycles. The van der Waals surface area contributed by atoms with Crippen molar-refractivity contribution in [1.29, 1.82) is 0 Å². The molecule has 0 spiro atoms. The normalized spacial score (nSPS) is 21.6. The van der Waals surface area contributed by atoms with Crippen LogP contribution in [0.3, 0.4) is 0 Å². The van der Waals surface area contributed by atoms with Crippen molar-refractivity contribution in [2.75, 3.05) is 12.2 Å².